The molecule has 0 aromatic carbocycles. The van der Waals surface area contributed by atoms with Crippen LogP contribution in [0.4, 0.5) is 5.95 Å². The molecule has 1 unspecified atom stereocenters. The quantitative estimate of drug-likeness (QED) is 0.854. The summed E-state index contributed by atoms with van der Waals surface area (Å²) in [4.78, 5) is 17.7. The van der Waals surface area contributed by atoms with Gasteiger partial charge in [-0.05, 0) is 30.2 Å². The maximum Gasteiger partial charge on any atom is 0.225 e. The highest BCUT2D eigenvalue weighted by Gasteiger charge is 2.41. The predicted molar refractivity (Wildman–Crippen MR) is 91.6 cm³/mol. The van der Waals surface area contributed by atoms with Crippen molar-refractivity contribution in [3.05, 3.63) is 48.5 Å². The molecule has 6 nitrogen and oxygen atoms in total. The van der Waals surface area contributed by atoms with E-state index in [1.807, 2.05) is 30.9 Å². The van der Waals surface area contributed by atoms with Gasteiger partial charge in [-0.25, -0.2) is 9.97 Å². The van der Waals surface area contributed by atoms with Gasteiger partial charge in [-0.2, -0.15) is 0 Å². The van der Waals surface area contributed by atoms with Crippen LogP contribution in [0.5, 0.6) is 0 Å². The molecular formula is C18H23N5O. The zero-order valence-corrected chi connectivity index (χ0v) is 13.8. The Bertz CT molecular complexity index is 653. The van der Waals surface area contributed by atoms with Gasteiger partial charge in [0.1, 0.15) is 0 Å². The molecule has 24 heavy (non-hydrogen) atoms. The summed E-state index contributed by atoms with van der Waals surface area (Å²) in [6.07, 6.45) is 8.48. The highest BCUT2D eigenvalue weighted by atomic mass is 16.5. The Morgan fingerprint density at radius 3 is 2.71 bits per heavy atom. The van der Waals surface area contributed by atoms with Gasteiger partial charge < -0.3 is 9.64 Å². The molecule has 6 heteroatoms. The number of anilines is 1. The number of hydrogen-bond donors (Lipinski definition) is 0. The highest BCUT2D eigenvalue weighted by molar-refractivity contribution is 5.32. The van der Waals surface area contributed by atoms with Gasteiger partial charge in [0, 0.05) is 62.9 Å². The monoisotopic (exact) mass is 325 g/mol. The first kappa shape index (κ1) is 15.5. The fourth-order valence-corrected chi connectivity index (χ4v) is 3.77. The lowest BCUT2D eigenvalue weighted by Crippen LogP contribution is -2.40. The lowest BCUT2D eigenvalue weighted by molar-refractivity contribution is 0.0798. The SMILES string of the molecule is c1cnc(N2CCC3(COCCN(Cc4ccncc4)C3)C2)nc1. The second kappa shape index (κ2) is 6.83. The van der Waals surface area contributed by atoms with Gasteiger partial charge >= 0.3 is 0 Å². The maximum absolute atomic E-state index is 5.96. The Kier molecular flexibility index (Phi) is 4.40. The Labute approximate surface area is 142 Å². The number of pyridine rings is 1. The number of nitrogens with zero attached hydrogens (tertiary/aromatic N) is 5. The fourth-order valence-electron chi connectivity index (χ4n) is 3.77. The van der Waals surface area contributed by atoms with Crippen LogP contribution in [-0.2, 0) is 11.3 Å². The molecule has 2 aromatic heterocycles. The third-order valence-corrected chi connectivity index (χ3v) is 4.95. The van der Waals surface area contributed by atoms with Crippen molar-refractivity contribution in [1.82, 2.24) is 19.9 Å². The first-order valence-electron chi connectivity index (χ1n) is 8.54. The topological polar surface area (TPSA) is 54.4 Å². The Morgan fingerprint density at radius 1 is 1.04 bits per heavy atom. The molecule has 0 radical (unpaired) electrons. The van der Waals surface area contributed by atoms with E-state index in [1.165, 1.54) is 5.56 Å². The molecule has 4 rings (SSSR count). The van der Waals surface area contributed by atoms with Crippen molar-refractivity contribution in [2.45, 2.75) is 13.0 Å². The summed E-state index contributed by atoms with van der Waals surface area (Å²) >= 11 is 0. The van der Waals surface area contributed by atoms with E-state index < -0.39 is 0 Å². The lowest BCUT2D eigenvalue weighted by Gasteiger charge is -2.31. The van der Waals surface area contributed by atoms with Crippen LogP contribution in [-0.4, -0.2) is 59.2 Å². The Hall–Kier alpha value is -2.05. The van der Waals surface area contributed by atoms with E-state index in [0.29, 0.717) is 0 Å². The molecule has 2 aromatic rings. The van der Waals surface area contributed by atoms with E-state index >= 15 is 0 Å². The highest BCUT2D eigenvalue weighted by Crippen LogP contribution is 2.35. The standard InChI is InChI=1S/C18H23N5O/c1-5-20-17(21-6-1)23-9-4-18(14-23)13-22(10-11-24-15-18)12-16-2-7-19-8-3-16/h1-3,5-8H,4,9-15H2. The van der Waals surface area contributed by atoms with Crippen LogP contribution in [0.3, 0.4) is 0 Å². The molecular weight excluding hydrogens is 302 g/mol. The molecule has 0 aliphatic carbocycles. The van der Waals surface area contributed by atoms with Crippen molar-refractivity contribution in [2.75, 3.05) is 44.3 Å². The summed E-state index contributed by atoms with van der Waals surface area (Å²) in [5, 5.41) is 0. The van der Waals surface area contributed by atoms with Crippen molar-refractivity contribution in [3.63, 3.8) is 0 Å². The second-order valence-electron chi connectivity index (χ2n) is 6.84. The van der Waals surface area contributed by atoms with Crippen molar-refractivity contribution < 1.29 is 4.74 Å². The predicted octanol–water partition coefficient (Wildman–Crippen LogP) is 1.60. The largest absolute Gasteiger partial charge is 0.379 e. The van der Waals surface area contributed by atoms with Gasteiger partial charge in [-0.3, -0.25) is 9.88 Å². The van der Waals surface area contributed by atoms with Crippen molar-refractivity contribution in [2.24, 2.45) is 5.41 Å². The summed E-state index contributed by atoms with van der Waals surface area (Å²) in [6.45, 7) is 6.57. The number of hydrogen-bond acceptors (Lipinski definition) is 6. The smallest absolute Gasteiger partial charge is 0.225 e. The van der Waals surface area contributed by atoms with Crippen LogP contribution in [0.1, 0.15) is 12.0 Å². The van der Waals surface area contributed by atoms with Gasteiger partial charge in [-0.1, -0.05) is 0 Å². The minimum absolute atomic E-state index is 0.169. The first-order valence-corrected chi connectivity index (χ1v) is 8.54. The van der Waals surface area contributed by atoms with Crippen LogP contribution in [0, 0.1) is 5.41 Å². The van der Waals surface area contributed by atoms with E-state index in [-0.39, 0.29) is 5.41 Å². The van der Waals surface area contributed by atoms with E-state index in [9.17, 15) is 0 Å². The van der Waals surface area contributed by atoms with Gasteiger partial charge in [0.15, 0.2) is 0 Å². The van der Waals surface area contributed by atoms with Crippen molar-refractivity contribution in [3.8, 4) is 0 Å². The van der Waals surface area contributed by atoms with E-state index in [1.54, 1.807) is 0 Å². The Morgan fingerprint density at radius 2 is 1.88 bits per heavy atom. The molecule has 2 aliphatic rings. The third kappa shape index (κ3) is 3.39. The number of aromatic nitrogens is 3. The summed E-state index contributed by atoms with van der Waals surface area (Å²) in [7, 11) is 0. The number of ether oxygens (including phenoxy) is 1. The fraction of sp³-hybridized carbons (Fsp3) is 0.500. The molecule has 2 saturated heterocycles. The van der Waals surface area contributed by atoms with E-state index in [0.717, 1.165) is 58.3 Å². The molecule has 2 aliphatic heterocycles. The molecule has 0 amide bonds. The van der Waals surface area contributed by atoms with E-state index in [2.05, 4.69) is 36.9 Å². The molecule has 1 spiro atoms. The van der Waals surface area contributed by atoms with Gasteiger partial charge in [-0.15, -0.1) is 0 Å². The van der Waals surface area contributed by atoms with Crippen LogP contribution in [0.15, 0.2) is 43.0 Å². The maximum atomic E-state index is 5.96. The summed E-state index contributed by atoms with van der Waals surface area (Å²) in [5.74, 6) is 0.833. The van der Waals surface area contributed by atoms with Crippen LogP contribution < -0.4 is 4.90 Å². The van der Waals surface area contributed by atoms with Gasteiger partial charge in [0.05, 0.1) is 13.2 Å². The zero-order valence-electron chi connectivity index (χ0n) is 13.8. The Balaban J connectivity index is 1.46. The van der Waals surface area contributed by atoms with Gasteiger partial charge in [0.2, 0.25) is 5.95 Å². The summed E-state index contributed by atoms with van der Waals surface area (Å²) in [5.41, 5.74) is 1.48. The molecule has 0 bridgehead atoms. The number of rotatable bonds is 3. The van der Waals surface area contributed by atoms with Crippen LogP contribution in [0.2, 0.25) is 0 Å². The second-order valence-corrected chi connectivity index (χ2v) is 6.84. The third-order valence-electron chi connectivity index (χ3n) is 4.95. The molecule has 1 atom stereocenters. The lowest BCUT2D eigenvalue weighted by atomic mass is 9.87. The molecule has 0 saturated carbocycles. The van der Waals surface area contributed by atoms with Gasteiger partial charge in [0.25, 0.3) is 0 Å². The molecule has 2 fully saturated rings. The van der Waals surface area contributed by atoms with Crippen molar-refractivity contribution >= 4 is 5.95 Å². The minimum atomic E-state index is 0.169. The average Bonchev–Trinajstić information content (AvgIpc) is 2.94. The zero-order chi connectivity index (χ0) is 16.2. The molecule has 0 N–H and O–H groups in total. The molecule has 4 heterocycles. The van der Waals surface area contributed by atoms with Crippen molar-refractivity contribution in [1.29, 1.82) is 0 Å². The minimum Gasteiger partial charge on any atom is -0.379 e. The average molecular weight is 325 g/mol. The normalized spacial score (nSPS) is 25.1. The van der Waals surface area contributed by atoms with Crippen LogP contribution >= 0.6 is 0 Å². The van der Waals surface area contributed by atoms with E-state index in [4.69, 9.17) is 4.74 Å². The summed E-state index contributed by atoms with van der Waals surface area (Å²) < 4.78 is 5.96. The summed E-state index contributed by atoms with van der Waals surface area (Å²) in [6, 6.07) is 6.05. The van der Waals surface area contributed by atoms with Crippen LogP contribution in [0.25, 0.3) is 0 Å². The first-order chi connectivity index (χ1) is 11.8. The molecule has 126 valence electrons.